The lowest BCUT2D eigenvalue weighted by Crippen LogP contribution is -2.36. The third-order valence-corrected chi connectivity index (χ3v) is 2.92. The van der Waals surface area contributed by atoms with Gasteiger partial charge in [0.15, 0.2) is 0 Å². The van der Waals surface area contributed by atoms with Crippen LogP contribution in [0.4, 0.5) is 0 Å². The molecule has 1 saturated heterocycles. The molecule has 1 fully saturated rings. The van der Waals surface area contributed by atoms with Gasteiger partial charge in [-0.05, 0) is 18.9 Å². The summed E-state index contributed by atoms with van der Waals surface area (Å²) in [5.74, 6) is 0. The molecule has 1 atom stereocenters. The van der Waals surface area contributed by atoms with Gasteiger partial charge in [0.25, 0.3) is 0 Å². The van der Waals surface area contributed by atoms with E-state index in [-0.39, 0.29) is 12.4 Å². The first kappa shape index (κ1) is 13.7. The molecule has 90 valence electrons. The van der Waals surface area contributed by atoms with Gasteiger partial charge in [0.2, 0.25) is 0 Å². The summed E-state index contributed by atoms with van der Waals surface area (Å²) in [6, 6.07) is 4.35. The first-order valence-electron chi connectivity index (χ1n) is 5.27. The minimum absolute atomic E-state index is 0. The third kappa shape index (κ3) is 3.91. The molecule has 1 unspecified atom stereocenters. The maximum absolute atomic E-state index is 5.96. The van der Waals surface area contributed by atoms with E-state index in [9.17, 15) is 0 Å². The molecule has 0 amide bonds. The van der Waals surface area contributed by atoms with E-state index >= 15 is 0 Å². The molecule has 0 saturated carbocycles. The van der Waals surface area contributed by atoms with Gasteiger partial charge in [-0.25, -0.2) is 4.98 Å². The minimum atomic E-state index is 0. The lowest BCUT2D eigenvalue weighted by atomic mass is 10.1. The molecule has 2 heterocycles. The Morgan fingerprint density at radius 3 is 3.12 bits per heavy atom. The second kappa shape index (κ2) is 7.07. The van der Waals surface area contributed by atoms with E-state index in [1.165, 1.54) is 6.42 Å². The molecule has 0 aliphatic carbocycles. The quantitative estimate of drug-likeness (QED) is 0.850. The number of pyridine rings is 1. The second-order valence-corrected chi connectivity index (χ2v) is 4.11. The smallest absolute Gasteiger partial charge is 0.133 e. The number of nitrogens with zero attached hydrogens (tertiary/aromatic N) is 1. The van der Waals surface area contributed by atoms with Gasteiger partial charge in [0, 0.05) is 31.0 Å². The molecule has 1 aliphatic rings. The maximum atomic E-state index is 5.96. The summed E-state index contributed by atoms with van der Waals surface area (Å²) in [5, 5.41) is 4.01. The van der Waals surface area contributed by atoms with Crippen LogP contribution in [-0.2, 0) is 11.3 Å². The van der Waals surface area contributed by atoms with Crippen LogP contribution in [0.1, 0.15) is 18.4 Å². The summed E-state index contributed by atoms with van der Waals surface area (Å²) in [6.07, 6.45) is 4.02. The van der Waals surface area contributed by atoms with Crippen molar-refractivity contribution >= 4 is 24.0 Å². The molecule has 3 nitrogen and oxygen atoms in total. The highest BCUT2D eigenvalue weighted by Gasteiger charge is 2.13. The molecular formula is C11H16Cl2N2O. The fourth-order valence-corrected chi connectivity index (χ4v) is 1.89. The summed E-state index contributed by atoms with van der Waals surface area (Å²) in [7, 11) is 0. The van der Waals surface area contributed by atoms with Crippen LogP contribution in [0.5, 0.6) is 0 Å². The number of aromatic nitrogens is 1. The standard InChI is InChI=1S/C11H15ClN2O.ClH/c12-11-9(3-1-5-13-11)7-14-10-4-2-6-15-8-10;/h1,3,5,10,14H,2,4,6-8H2;1H. The number of hydrogen-bond donors (Lipinski definition) is 1. The van der Waals surface area contributed by atoms with Crippen LogP contribution in [0.2, 0.25) is 5.15 Å². The van der Waals surface area contributed by atoms with Gasteiger partial charge in [0.05, 0.1) is 6.61 Å². The summed E-state index contributed by atoms with van der Waals surface area (Å²) >= 11 is 5.96. The Labute approximate surface area is 107 Å². The molecular weight excluding hydrogens is 247 g/mol. The summed E-state index contributed by atoms with van der Waals surface area (Å²) in [4.78, 5) is 4.04. The first-order chi connectivity index (χ1) is 7.36. The lowest BCUT2D eigenvalue weighted by molar-refractivity contribution is 0.0699. The zero-order valence-corrected chi connectivity index (χ0v) is 10.6. The fraction of sp³-hybridized carbons (Fsp3) is 0.545. The zero-order chi connectivity index (χ0) is 10.5. The maximum Gasteiger partial charge on any atom is 0.133 e. The Kier molecular flexibility index (Phi) is 6.06. The van der Waals surface area contributed by atoms with Crippen LogP contribution in [0, 0.1) is 0 Å². The molecule has 1 aromatic heterocycles. The van der Waals surface area contributed by atoms with Crippen LogP contribution in [0.25, 0.3) is 0 Å². The van der Waals surface area contributed by atoms with Crippen molar-refractivity contribution in [1.82, 2.24) is 10.3 Å². The van der Waals surface area contributed by atoms with Crippen molar-refractivity contribution in [2.45, 2.75) is 25.4 Å². The van der Waals surface area contributed by atoms with Gasteiger partial charge < -0.3 is 10.1 Å². The van der Waals surface area contributed by atoms with Crippen molar-refractivity contribution in [3.8, 4) is 0 Å². The Bertz CT molecular complexity index is 317. The molecule has 0 aromatic carbocycles. The van der Waals surface area contributed by atoms with E-state index in [4.69, 9.17) is 16.3 Å². The molecule has 5 heteroatoms. The van der Waals surface area contributed by atoms with Crippen molar-refractivity contribution < 1.29 is 4.74 Å². The molecule has 0 spiro atoms. The first-order valence-corrected chi connectivity index (χ1v) is 5.64. The Hall–Kier alpha value is -0.350. The molecule has 1 aromatic rings. The summed E-state index contributed by atoms with van der Waals surface area (Å²) in [6.45, 7) is 2.46. The molecule has 0 radical (unpaired) electrons. The van der Waals surface area contributed by atoms with Gasteiger partial charge in [-0.3, -0.25) is 0 Å². The van der Waals surface area contributed by atoms with Crippen LogP contribution in [0.15, 0.2) is 18.3 Å². The summed E-state index contributed by atoms with van der Waals surface area (Å²) < 4.78 is 5.39. The number of hydrogen-bond acceptors (Lipinski definition) is 3. The highest BCUT2D eigenvalue weighted by molar-refractivity contribution is 6.30. The SMILES string of the molecule is Cl.Clc1ncccc1CNC1CCCOC1. The highest BCUT2D eigenvalue weighted by atomic mass is 35.5. The zero-order valence-electron chi connectivity index (χ0n) is 8.99. The Morgan fingerprint density at radius 2 is 2.44 bits per heavy atom. The average molecular weight is 263 g/mol. The molecule has 0 bridgehead atoms. The van der Waals surface area contributed by atoms with Crippen molar-refractivity contribution in [3.63, 3.8) is 0 Å². The van der Waals surface area contributed by atoms with E-state index in [1.807, 2.05) is 12.1 Å². The number of rotatable bonds is 3. The average Bonchev–Trinajstić information content (AvgIpc) is 2.29. The van der Waals surface area contributed by atoms with E-state index in [0.717, 1.165) is 31.7 Å². The number of halogens is 2. The normalized spacial score (nSPS) is 20.2. The highest BCUT2D eigenvalue weighted by Crippen LogP contribution is 2.12. The Balaban J connectivity index is 0.00000128. The van der Waals surface area contributed by atoms with Crippen molar-refractivity contribution in [2.24, 2.45) is 0 Å². The van der Waals surface area contributed by atoms with Crippen molar-refractivity contribution in [1.29, 1.82) is 0 Å². The number of ether oxygens (including phenoxy) is 1. The van der Waals surface area contributed by atoms with Crippen LogP contribution < -0.4 is 5.32 Å². The van der Waals surface area contributed by atoms with Gasteiger partial charge in [-0.2, -0.15) is 0 Å². The van der Waals surface area contributed by atoms with Gasteiger partial charge in [0.1, 0.15) is 5.15 Å². The van der Waals surface area contributed by atoms with Crippen LogP contribution in [0.3, 0.4) is 0 Å². The monoisotopic (exact) mass is 262 g/mol. The Morgan fingerprint density at radius 1 is 1.56 bits per heavy atom. The van der Waals surface area contributed by atoms with Crippen LogP contribution >= 0.6 is 24.0 Å². The van der Waals surface area contributed by atoms with Crippen molar-refractivity contribution in [3.05, 3.63) is 29.0 Å². The van der Waals surface area contributed by atoms with Crippen LogP contribution in [-0.4, -0.2) is 24.2 Å². The van der Waals surface area contributed by atoms with E-state index in [2.05, 4.69) is 10.3 Å². The van der Waals surface area contributed by atoms with Crippen molar-refractivity contribution in [2.75, 3.05) is 13.2 Å². The minimum Gasteiger partial charge on any atom is -0.380 e. The second-order valence-electron chi connectivity index (χ2n) is 3.75. The lowest BCUT2D eigenvalue weighted by Gasteiger charge is -2.23. The van der Waals surface area contributed by atoms with Gasteiger partial charge in [-0.1, -0.05) is 17.7 Å². The van der Waals surface area contributed by atoms with Gasteiger partial charge >= 0.3 is 0 Å². The number of nitrogens with one attached hydrogen (secondary N) is 1. The predicted octanol–water partition coefficient (Wildman–Crippen LogP) is 2.43. The largest absolute Gasteiger partial charge is 0.380 e. The molecule has 1 aliphatic heterocycles. The molecule has 16 heavy (non-hydrogen) atoms. The van der Waals surface area contributed by atoms with E-state index in [0.29, 0.717) is 11.2 Å². The molecule has 2 rings (SSSR count). The van der Waals surface area contributed by atoms with Gasteiger partial charge in [-0.15, -0.1) is 12.4 Å². The third-order valence-electron chi connectivity index (χ3n) is 2.58. The topological polar surface area (TPSA) is 34.2 Å². The van der Waals surface area contributed by atoms with E-state index < -0.39 is 0 Å². The predicted molar refractivity (Wildman–Crippen MR) is 67.2 cm³/mol. The summed E-state index contributed by atoms with van der Waals surface area (Å²) in [5.41, 5.74) is 1.05. The molecule has 1 N–H and O–H groups in total. The fourth-order valence-electron chi connectivity index (χ4n) is 1.71. The van der Waals surface area contributed by atoms with E-state index in [1.54, 1.807) is 6.20 Å².